The zero-order valence-corrected chi connectivity index (χ0v) is 9.62. The van der Waals surface area contributed by atoms with Gasteiger partial charge in [-0.3, -0.25) is 0 Å². The fourth-order valence-corrected chi connectivity index (χ4v) is 1.96. The van der Waals surface area contributed by atoms with Gasteiger partial charge in [-0.15, -0.1) is 0 Å². The van der Waals surface area contributed by atoms with Crippen molar-refractivity contribution in [2.45, 2.75) is 46.1 Å². The summed E-state index contributed by atoms with van der Waals surface area (Å²) in [6.45, 7) is 9.06. The van der Waals surface area contributed by atoms with E-state index in [0.29, 0.717) is 6.04 Å². The van der Waals surface area contributed by atoms with Crippen molar-refractivity contribution < 1.29 is 4.79 Å². The number of hydrogen-bond acceptors (Lipinski definition) is 1. The first-order valence-corrected chi connectivity index (χ1v) is 5.76. The van der Waals surface area contributed by atoms with Crippen LogP contribution in [0.25, 0.3) is 0 Å². The summed E-state index contributed by atoms with van der Waals surface area (Å²) in [5.41, 5.74) is 0. The highest BCUT2D eigenvalue weighted by Gasteiger charge is 2.29. The van der Waals surface area contributed by atoms with Crippen molar-refractivity contribution in [2.75, 3.05) is 19.6 Å². The monoisotopic (exact) mass is 198 g/mol. The van der Waals surface area contributed by atoms with Crippen LogP contribution in [0.5, 0.6) is 0 Å². The van der Waals surface area contributed by atoms with Crippen LogP contribution in [0, 0.1) is 0 Å². The molecule has 3 heteroatoms. The normalized spacial score (nSPS) is 19.2. The molecule has 0 radical (unpaired) electrons. The Morgan fingerprint density at radius 1 is 1.36 bits per heavy atom. The van der Waals surface area contributed by atoms with Crippen LogP contribution in [0.1, 0.15) is 40.0 Å². The Bertz CT molecular complexity index is 194. The largest absolute Gasteiger partial charge is 0.323 e. The van der Waals surface area contributed by atoms with Gasteiger partial charge in [0.05, 0.1) is 0 Å². The Morgan fingerprint density at radius 2 is 2.07 bits per heavy atom. The highest BCUT2D eigenvalue weighted by molar-refractivity contribution is 5.76. The Hall–Kier alpha value is -0.730. The topological polar surface area (TPSA) is 23.6 Å². The summed E-state index contributed by atoms with van der Waals surface area (Å²) in [6, 6.07) is 0.648. The predicted molar refractivity (Wildman–Crippen MR) is 58.3 cm³/mol. The number of unbranched alkanes of at least 4 members (excludes halogenated alkanes) is 1. The van der Waals surface area contributed by atoms with E-state index >= 15 is 0 Å². The van der Waals surface area contributed by atoms with E-state index in [4.69, 9.17) is 0 Å². The molecule has 0 aromatic rings. The molecule has 1 aliphatic rings. The van der Waals surface area contributed by atoms with Gasteiger partial charge in [0, 0.05) is 25.7 Å². The minimum absolute atomic E-state index is 0.233. The van der Waals surface area contributed by atoms with Crippen LogP contribution < -0.4 is 0 Å². The fourth-order valence-electron chi connectivity index (χ4n) is 1.96. The van der Waals surface area contributed by atoms with E-state index in [2.05, 4.69) is 13.8 Å². The zero-order chi connectivity index (χ0) is 10.6. The van der Waals surface area contributed by atoms with E-state index < -0.39 is 0 Å². The number of carbonyl (C=O) groups is 1. The number of likely N-dealkylation sites (N-methyl/N-ethyl adjacent to an activating group) is 1. The number of amides is 2. The number of hydrogen-bond donors (Lipinski definition) is 0. The molecule has 0 aromatic heterocycles. The molecule has 1 fully saturated rings. The van der Waals surface area contributed by atoms with Gasteiger partial charge in [0.25, 0.3) is 0 Å². The molecule has 0 saturated carbocycles. The quantitative estimate of drug-likeness (QED) is 0.665. The zero-order valence-electron chi connectivity index (χ0n) is 9.62. The second-order valence-electron chi connectivity index (χ2n) is 4.05. The van der Waals surface area contributed by atoms with Crippen molar-refractivity contribution in [1.29, 1.82) is 0 Å². The van der Waals surface area contributed by atoms with Gasteiger partial charge in [-0.1, -0.05) is 19.8 Å². The summed E-state index contributed by atoms with van der Waals surface area (Å²) in [7, 11) is 0. The van der Waals surface area contributed by atoms with E-state index in [0.717, 1.165) is 26.1 Å². The van der Waals surface area contributed by atoms with E-state index in [-0.39, 0.29) is 6.03 Å². The summed E-state index contributed by atoms with van der Waals surface area (Å²) in [5, 5.41) is 0. The summed E-state index contributed by atoms with van der Waals surface area (Å²) >= 11 is 0. The average Bonchev–Trinajstić information content (AvgIpc) is 2.56. The van der Waals surface area contributed by atoms with Gasteiger partial charge in [-0.25, -0.2) is 4.79 Å². The Balaban J connectivity index is 2.41. The lowest BCUT2D eigenvalue weighted by atomic mass is 10.1. The third-order valence-corrected chi connectivity index (χ3v) is 3.02. The molecule has 3 nitrogen and oxygen atoms in total. The molecule has 1 atom stereocenters. The summed E-state index contributed by atoms with van der Waals surface area (Å²) in [4.78, 5) is 15.7. The summed E-state index contributed by atoms with van der Waals surface area (Å²) in [5.74, 6) is 0. The minimum Gasteiger partial charge on any atom is -0.323 e. The molecular weight excluding hydrogens is 176 g/mol. The highest BCUT2D eigenvalue weighted by atomic mass is 16.2. The molecule has 1 aliphatic heterocycles. The van der Waals surface area contributed by atoms with Gasteiger partial charge in [-0.05, 0) is 20.3 Å². The molecular formula is C11H22N2O. The molecule has 1 heterocycles. The van der Waals surface area contributed by atoms with Crippen LogP contribution in [0.2, 0.25) is 0 Å². The second-order valence-corrected chi connectivity index (χ2v) is 4.05. The average molecular weight is 198 g/mol. The molecule has 0 spiro atoms. The van der Waals surface area contributed by atoms with Crippen molar-refractivity contribution >= 4 is 6.03 Å². The highest BCUT2D eigenvalue weighted by Crippen LogP contribution is 2.15. The van der Waals surface area contributed by atoms with Crippen LogP contribution in [0.15, 0.2) is 0 Å². The smallest absolute Gasteiger partial charge is 0.320 e. The third kappa shape index (κ3) is 2.40. The molecule has 14 heavy (non-hydrogen) atoms. The number of urea groups is 1. The molecule has 0 aliphatic carbocycles. The first-order valence-electron chi connectivity index (χ1n) is 5.76. The van der Waals surface area contributed by atoms with Crippen molar-refractivity contribution in [3.63, 3.8) is 0 Å². The Morgan fingerprint density at radius 3 is 2.57 bits per heavy atom. The summed E-state index contributed by atoms with van der Waals surface area (Å²) < 4.78 is 0. The maximum atomic E-state index is 11.8. The first kappa shape index (κ1) is 11.3. The van der Waals surface area contributed by atoms with E-state index in [1.54, 1.807) is 0 Å². The van der Waals surface area contributed by atoms with E-state index in [1.165, 1.54) is 12.8 Å². The molecule has 2 amide bonds. The van der Waals surface area contributed by atoms with Crippen LogP contribution in [0.3, 0.4) is 0 Å². The van der Waals surface area contributed by atoms with Crippen LogP contribution in [0.4, 0.5) is 4.79 Å². The summed E-state index contributed by atoms with van der Waals surface area (Å²) in [6.07, 6.45) is 3.57. The van der Waals surface area contributed by atoms with Gasteiger partial charge in [0.2, 0.25) is 0 Å². The Labute approximate surface area is 87.1 Å². The van der Waals surface area contributed by atoms with Crippen LogP contribution in [-0.4, -0.2) is 41.5 Å². The lowest BCUT2D eigenvalue weighted by Gasteiger charge is -2.24. The maximum Gasteiger partial charge on any atom is 0.320 e. The van der Waals surface area contributed by atoms with Crippen LogP contribution >= 0.6 is 0 Å². The second kappa shape index (κ2) is 5.23. The molecule has 0 aromatic carbocycles. The molecule has 1 unspecified atom stereocenters. The lowest BCUT2D eigenvalue weighted by molar-refractivity contribution is 0.178. The van der Waals surface area contributed by atoms with Crippen LogP contribution in [-0.2, 0) is 0 Å². The number of rotatable bonds is 5. The van der Waals surface area contributed by atoms with Gasteiger partial charge >= 0.3 is 6.03 Å². The molecule has 82 valence electrons. The lowest BCUT2D eigenvalue weighted by Crippen LogP contribution is -2.37. The molecule has 0 N–H and O–H groups in total. The van der Waals surface area contributed by atoms with Gasteiger partial charge < -0.3 is 9.80 Å². The van der Waals surface area contributed by atoms with Gasteiger partial charge in [-0.2, -0.15) is 0 Å². The van der Waals surface area contributed by atoms with Crippen molar-refractivity contribution in [2.24, 2.45) is 0 Å². The van der Waals surface area contributed by atoms with Gasteiger partial charge in [0.15, 0.2) is 0 Å². The maximum absolute atomic E-state index is 11.8. The molecule has 1 rings (SSSR count). The Kier molecular flexibility index (Phi) is 4.23. The molecule has 1 saturated heterocycles. The fraction of sp³-hybridized carbons (Fsp3) is 0.909. The first-order chi connectivity index (χ1) is 6.70. The van der Waals surface area contributed by atoms with Crippen molar-refractivity contribution in [3.8, 4) is 0 Å². The van der Waals surface area contributed by atoms with Crippen molar-refractivity contribution in [3.05, 3.63) is 0 Å². The number of nitrogens with zero attached hydrogens (tertiary/aromatic N) is 2. The SMILES string of the molecule is CCCCC(C)N1CCN(CC)C1=O. The predicted octanol–water partition coefficient (Wildman–Crippen LogP) is 2.32. The molecule has 0 bridgehead atoms. The minimum atomic E-state index is 0.233. The standard InChI is InChI=1S/C11H22N2O/c1-4-6-7-10(3)13-9-8-12(5-2)11(13)14/h10H,4-9H2,1-3H3. The van der Waals surface area contributed by atoms with Gasteiger partial charge in [0.1, 0.15) is 0 Å². The van der Waals surface area contributed by atoms with E-state index in [1.807, 2.05) is 16.7 Å². The van der Waals surface area contributed by atoms with E-state index in [9.17, 15) is 4.79 Å². The van der Waals surface area contributed by atoms with Crippen molar-refractivity contribution in [1.82, 2.24) is 9.80 Å². The third-order valence-electron chi connectivity index (χ3n) is 3.02. The number of carbonyl (C=O) groups excluding carboxylic acids is 1.